The second kappa shape index (κ2) is 7.33. The van der Waals surface area contributed by atoms with Gasteiger partial charge in [0.05, 0.1) is 5.69 Å². The van der Waals surface area contributed by atoms with E-state index in [-0.39, 0.29) is 11.8 Å². The van der Waals surface area contributed by atoms with Crippen molar-refractivity contribution >= 4 is 49.9 Å². The first-order valence-electron chi connectivity index (χ1n) is 6.40. The van der Waals surface area contributed by atoms with Crippen LogP contribution < -0.4 is 10.6 Å². The average molecular weight is 368 g/mol. The standard InChI is InChI=1S/C14H14BrN3O2S/c1-2-3-12(19)17-11-5-4-9(8-10(11)15)13(20)18-14-16-6-7-21-14/h4-8H,2-3H2,1H3,(H,17,19)(H,16,18,20). The molecule has 0 aliphatic carbocycles. The van der Waals surface area contributed by atoms with E-state index in [1.54, 1.807) is 29.8 Å². The number of carbonyl (C=O) groups is 2. The first-order valence-corrected chi connectivity index (χ1v) is 8.07. The second-order valence-electron chi connectivity index (χ2n) is 4.28. The molecule has 0 fully saturated rings. The number of aromatic nitrogens is 1. The van der Waals surface area contributed by atoms with Crippen LogP contribution in [0.2, 0.25) is 0 Å². The van der Waals surface area contributed by atoms with Gasteiger partial charge in [0.25, 0.3) is 5.91 Å². The third-order valence-corrected chi connectivity index (χ3v) is 3.98. The molecule has 0 unspecified atom stereocenters. The Labute approximate surface area is 134 Å². The van der Waals surface area contributed by atoms with Gasteiger partial charge in [0.1, 0.15) is 0 Å². The van der Waals surface area contributed by atoms with Crippen LogP contribution in [0.4, 0.5) is 10.8 Å². The molecule has 110 valence electrons. The first kappa shape index (κ1) is 15.7. The number of rotatable bonds is 5. The molecule has 2 rings (SSSR count). The first-order chi connectivity index (χ1) is 10.1. The zero-order valence-corrected chi connectivity index (χ0v) is 13.8. The van der Waals surface area contributed by atoms with E-state index in [0.717, 1.165) is 6.42 Å². The summed E-state index contributed by atoms with van der Waals surface area (Å²) in [5.74, 6) is -0.282. The predicted molar refractivity (Wildman–Crippen MR) is 87.7 cm³/mol. The van der Waals surface area contributed by atoms with E-state index >= 15 is 0 Å². The summed E-state index contributed by atoms with van der Waals surface area (Å²) in [5, 5.41) is 7.84. The van der Waals surface area contributed by atoms with Gasteiger partial charge in [-0.15, -0.1) is 11.3 Å². The molecule has 0 saturated heterocycles. The van der Waals surface area contributed by atoms with Crippen LogP contribution in [-0.4, -0.2) is 16.8 Å². The van der Waals surface area contributed by atoms with E-state index in [1.807, 2.05) is 6.92 Å². The number of carbonyl (C=O) groups excluding carboxylic acids is 2. The van der Waals surface area contributed by atoms with Gasteiger partial charge in [-0.05, 0) is 40.5 Å². The Bertz CT molecular complexity index is 644. The van der Waals surface area contributed by atoms with Crippen LogP contribution in [0.15, 0.2) is 34.2 Å². The van der Waals surface area contributed by atoms with Crippen LogP contribution in [0.3, 0.4) is 0 Å². The van der Waals surface area contributed by atoms with E-state index in [0.29, 0.717) is 27.3 Å². The summed E-state index contributed by atoms with van der Waals surface area (Å²) in [5.41, 5.74) is 1.14. The molecule has 0 radical (unpaired) electrons. The summed E-state index contributed by atoms with van der Waals surface area (Å²) in [6.45, 7) is 1.95. The molecule has 0 saturated carbocycles. The minimum absolute atomic E-state index is 0.0433. The maximum atomic E-state index is 12.0. The van der Waals surface area contributed by atoms with Crippen molar-refractivity contribution in [2.45, 2.75) is 19.8 Å². The maximum Gasteiger partial charge on any atom is 0.257 e. The van der Waals surface area contributed by atoms with Crippen molar-refractivity contribution in [2.75, 3.05) is 10.6 Å². The monoisotopic (exact) mass is 367 g/mol. The van der Waals surface area contributed by atoms with Crippen molar-refractivity contribution in [3.63, 3.8) is 0 Å². The molecule has 0 aliphatic rings. The Kier molecular flexibility index (Phi) is 5.46. The van der Waals surface area contributed by atoms with Gasteiger partial charge in [0, 0.05) is 28.0 Å². The molecule has 21 heavy (non-hydrogen) atoms. The molecule has 0 atom stereocenters. The third kappa shape index (κ3) is 4.37. The number of hydrogen-bond donors (Lipinski definition) is 2. The lowest BCUT2D eigenvalue weighted by atomic mass is 10.2. The molecule has 1 heterocycles. The molecular weight excluding hydrogens is 354 g/mol. The molecule has 2 amide bonds. The van der Waals surface area contributed by atoms with Crippen molar-refractivity contribution in [1.82, 2.24) is 4.98 Å². The average Bonchev–Trinajstić information content (AvgIpc) is 2.94. The van der Waals surface area contributed by atoms with Crippen LogP contribution in [0.1, 0.15) is 30.1 Å². The number of thiazole rings is 1. The number of nitrogens with one attached hydrogen (secondary N) is 2. The molecule has 0 spiro atoms. The fourth-order valence-corrected chi connectivity index (χ4v) is 2.65. The highest BCUT2D eigenvalue weighted by molar-refractivity contribution is 9.10. The Morgan fingerprint density at radius 3 is 2.76 bits per heavy atom. The number of nitrogens with zero attached hydrogens (tertiary/aromatic N) is 1. The summed E-state index contributed by atoms with van der Waals surface area (Å²) in [6, 6.07) is 5.04. The number of hydrogen-bond acceptors (Lipinski definition) is 4. The van der Waals surface area contributed by atoms with Crippen LogP contribution in [0, 0.1) is 0 Å². The van der Waals surface area contributed by atoms with Crippen LogP contribution in [0.5, 0.6) is 0 Å². The summed E-state index contributed by atoms with van der Waals surface area (Å²) >= 11 is 4.72. The van der Waals surface area contributed by atoms with E-state index < -0.39 is 0 Å². The van der Waals surface area contributed by atoms with Crippen molar-refractivity contribution in [3.05, 3.63) is 39.8 Å². The normalized spacial score (nSPS) is 10.2. The highest BCUT2D eigenvalue weighted by Gasteiger charge is 2.11. The molecule has 0 aliphatic heterocycles. The Morgan fingerprint density at radius 2 is 2.14 bits per heavy atom. The van der Waals surface area contributed by atoms with Crippen molar-refractivity contribution < 1.29 is 9.59 Å². The van der Waals surface area contributed by atoms with Gasteiger partial charge >= 0.3 is 0 Å². The van der Waals surface area contributed by atoms with Crippen molar-refractivity contribution in [1.29, 1.82) is 0 Å². The van der Waals surface area contributed by atoms with Gasteiger partial charge in [-0.1, -0.05) is 6.92 Å². The molecule has 5 nitrogen and oxygen atoms in total. The fraction of sp³-hybridized carbons (Fsp3) is 0.214. The van der Waals surface area contributed by atoms with Gasteiger partial charge in [-0.3, -0.25) is 14.9 Å². The summed E-state index contributed by atoms with van der Waals surface area (Å²) in [7, 11) is 0. The second-order valence-corrected chi connectivity index (χ2v) is 6.03. The number of amides is 2. The van der Waals surface area contributed by atoms with E-state index in [2.05, 4.69) is 31.5 Å². The molecule has 2 aromatic rings. The maximum absolute atomic E-state index is 12.0. The Morgan fingerprint density at radius 1 is 1.33 bits per heavy atom. The Hall–Kier alpha value is -1.73. The summed E-state index contributed by atoms with van der Waals surface area (Å²) in [6.07, 6.45) is 2.89. The van der Waals surface area contributed by atoms with Gasteiger partial charge < -0.3 is 5.32 Å². The minimum Gasteiger partial charge on any atom is -0.325 e. The quantitative estimate of drug-likeness (QED) is 0.841. The van der Waals surface area contributed by atoms with E-state index in [1.165, 1.54) is 11.3 Å². The smallest absolute Gasteiger partial charge is 0.257 e. The molecule has 1 aromatic carbocycles. The van der Waals surface area contributed by atoms with Gasteiger partial charge in [0.2, 0.25) is 5.91 Å². The summed E-state index contributed by atoms with van der Waals surface area (Å²) < 4.78 is 0.666. The van der Waals surface area contributed by atoms with Gasteiger partial charge in [-0.2, -0.15) is 0 Å². The zero-order valence-electron chi connectivity index (χ0n) is 11.4. The number of halogens is 1. The highest BCUT2D eigenvalue weighted by atomic mass is 79.9. The van der Waals surface area contributed by atoms with Crippen LogP contribution in [0.25, 0.3) is 0 Å². The molecule has 1 aromatic heterocycles. The minimum atomic E-state index is -0.239. The number of anilines is 2. The van der Waals surface area contributed by atoms with Crippen LogP contribution >= 0.6 is 27.3 Å². The third-order valence-electron chi connectivity index (χ3n) is 2.64. The molecule has 0 bridgehead atoms. The largest absolute Gasteiger partial charge is 0.325 e. The Balaban J connectivity index is 2.07. The number of benzene rings is 1. The van der Waals surface area contributed by atoms with Crippen molar-refractivity contribution in [3.8, 4) is 0 Å². The lowest BCUT2D eigenvalue weighted by molar-refractivity contribution is -0.116. The lowest BCUT2D eigenvalue weighted by Gasteiger charge is -2.08. The van der Waals surface area contributed by atoms with Crippen molar-refractivity contribution in [2.24, 2.45) is 0 Å². The van der Waals surface area contributed by atoms with E-state index in [4.69, 9.17) is 0 Å². The fourth-order valence-electron chi connectivity index (χ4n) is 1.65. The molecule has 7 heteroatoms. The topological polar surface area (TPSA) is 71.1 Å². The molecular formula is C14H14BrN3O2S. The van der Waals surface area contributed by atoms with Crippen LogP contribution in [-0.2, 0) is 4.79 Å². The predicted octanol–water partition coefficient (Wildman–Crippen LogP) is 3.90. The van der Waals surface area contributed by atoms with Gasteiger partial charge in [-0.25, -0.2) is 4.98 Å². The SMILES string of the molecule is CCCC(=O)Nc1ccc(C(=O)Nc2nccs2)cc1Br. The molecule has 2 N–H and O–H groups in total. The van der Waals surface area contributed by atoms with E-state index in [9.17, 15) is 9.59 Å². The van der Waals surface area contributed by atoms with Gasteiger partial charge in [0.15, 0.2) is 5.13 Å². The lowest BCUT2D eigenvalue weighted by Crippen LogP contribution is -2.13. The zero-order chi connectivity index (χ0) is 15.2. The highest BCUT2D eigenvalue weighted by Crippen LogP contribution is 2.24. The summed E-state index contributed by atoms with van der Waals surface area (Å²) in [4.78, 5) is 27.6.